The molecule has 2 fully saturated rings. The predicted molar refractivity (Wildman–Crippen MR) is 251 cm³/mol. The predicted octanol–water partition coefficient (Wildman–Crippen LogP) is 6.92. The Morgan fingerprint density at radius 1 is 0.515 bits per heavy atom. The van der Waals surface area contributed by atoms with Crippen molar-refractivity contribution < 1.29 is 73.8 Å². The number of aliphatic hydroxyl groups is 7. The summed E-state index contributed by atoms with van der Waals surface area (Å²) in [5.74, 6) is -1.000. The summed E-state index contributed by atoms with van der Waals surface area (Å²) in [7, 11) is 0. The molecule has 2 aliphatic heterocycles. The molecule has 15 nitrogen and oxygen atoms in total. The van der Waals surface area contributed by atoms with Crippen molar-refractivity contribution in [3.8, 4) is 0 Å². The number of carbonyl (C=O) groups excluding carboxylic acids is 2. The van der Waals surface area contributed by atoms with Crippen molar-refractivity contribution in [2.75, 3.05) is 26.4 Å². The number of hydrogen-bond donors (Lipinski definition) is 7. The van der Waals surface area contributed by atoms with Crippen LogP contribution in [0.5, 0.6) is 0 Å². The Kier molecular flexibility index (Phi) is 35.0. The Hall–Kier alpha value is -2.24. The Labute approximate surface area is 395 Å². The molecule has 7 N–H and O–H groups in total. The van der Waals surface area contributed by atoms with Gasteiger partial charge in [0, 0.05) is 12.8 Å². The lowest BCUT2D eigenvalue weighted by Gasteiger charge is -2.42. The molecule has 0 aromatic rings. The fourth-order valence-corrected chi connectivity index (χ4v) is 7.92. The number of ether oxygens (including phenoxy) is 6. The van der Waals surface area contributed by atoms with E-state index >= 15 is 0 Å². The van der Waals surface area contributed by atoms with Crippen LogP contribution in [-0.2, 0) is 38.0 Å². The maximum Gasteiger partial charge on any atom is 0.306 e. The average Bonchev–Trinajstić information content (AvgIpc) is 3.31. The van der Waals surface area contributed by atoms with Crippen LogP contribution in [0.15, 0.2) is 30.0 Å². The molecular weight excluding hydrogens is 853 g/mol. The topological polar surface area (TPSA) is 231 Å². The highest BCUT2D eigenvalue weighted by Crippen LogP contribution is 2.26. The number of rotatable bonds is 39. The minimum absolute atomic E-state index is 0.0786. The van der Waals surface area contributed by atoms with E-state index in [1.807, 2.05) is 6.08 Å². The van der Waals surface area contributed by atoms with E-state index in [9.17, 15) is 45.3 Å². The van der Waals surface area contributed by atoms with Crippen LogP contribution in [0.2, 0.25) is 0 Å². The molecule has 15 heteroatoms. The van der Waals surface area contributed by atoms with Crippen LogP contribution in [0.25, 0.3) is 0 Å². The van der Waals surface area contributed by atoms with Gasteiger partial charge >= 0.3 is 11.9 Å². The largest absolute Gasteiger partial charge is 0.462 e. The number of carbonyl (C=O) groups is 2. The van der Waals surface area contributed by atoms with Gasteiger partial charge in [-0.3, -0.25) is 9.59 Å². The van der Waals surface area contributed by atoms with Gasteiger partial charge in [0.05, 0.1) is 19.8 Å². The summed E-state index contributed by atoms with van der Waals surface area (Å²) in [6, 6.07) is 0. The van der Waals surface area contributed by atoms with Crippen LogP contribution in [0, 0.1) is 0 Å². The van der Waals surface area contributed by atoms with Gasteiger partial charge < -0.3 is 64.2 Å². The molecule has 0 amide bonds. The maximum atomic E-state index is 13.0. The number of esters is 2. The van der Waals surface area contributed by atoms with Crippen LogP contribution < -0.4 is 0 Å². The normalized spacial score (nSPS) is 26.0. The third kappa shape index (κ3) is 26.5. The van der Waals surface area contributed by atoms with E-state index in [0.29, 0.717) is 12.8 Å². The third-order valence-corrected chi connectivity index (χ3v) is 12.2. The molecule has 66 heavy (non-hydrogen) atoms. The minimum atomic E-state index is -1.77. The van der Waals surface area contributed by atoms with Crippen molar-refractivity contribution in [2.45, 2.75) is 255 Å². The van der Waals surface area contributed by atoms with Crippen LogP contribution in [0.4, 0.5) is 0 Å². The first-order valence-corrected chi connectivity index (χ1v) is 25.7. The SMILES string of the molecule is CCCCCCCC=C=CCCCCCCCC(=O)OC[C@H](CO[C@@H]1O[C@H](CO[C@@H]2O[C@H](CO)[C@H](O)C(O)C2O)[C@H](O)C(O)C1O)OC(=O)CC/C=C/CCCCCCCCCCCCC. The van der Waals surface area contributed by atoms with E-state index in [4.69, 9.17) is 28.4 Å². The fraction of sp³-hybridized carbons (Fsp3) is 0.863. The number of unbranched alkanes of at least 4 members (excludes halogenated alkanes) is 21. The molecule has 2 heterocycles. The molecule has 0 aromatic heterocycles. The molecule has 384 valence electrons. The van der Waals surface area contributed by atoms with E-state index in [-0.39, 0.29) is 19.4 Å². The Morgan fingerprint density at radius 2 is 0.985 bits per heavy atom. The molecule has 0 bridgehead atoms. The lowest BCUT2D eigenvalue weighted by Crippen LogP contribution is -2.61. The molecule has 0 aromatic carbocycles. The average molecular weight is 943 g/mol. The number of allylic oxidation sites excluding steroid dienone is 3. The van der Waals surface area contributed by atoms with Crippen molar-refractivity contribution >= 4 is 11.9 Å². The minimum Gasteiger partial charge on any atom is -0.462 e. The summed E-state index contributed by atoms with van der Waals surface area (Å²) in [5.41, 5.74) is 3.29. The van der Waals surface area contributed by atoms with Crippen molar-refractivity contribution in [3.05, 3.63) is 30.0 Å². The lowest BCUT2D eigenvalue weighted by atomic mass is 9.98. The van der Waals surface area contributed by atoms with E-state index in [2.05, 4.69) is 37.8 Å². The highest BCUT2D eigenvalue weighted by atomic mass is 16.7. The van der Waals surface area contributed by atoms with Crippen molar-refractivity contribution in [2.24, 2.45) is 0 Å². The molecule has 2 saturated heterocycles. The molecule has 0 aliphatic carbocycles. The van der Waals surface area contributed by atoms with E-state index in [0.717, 1.165) is 51.4 Å². The molecule has 2 rings (SSSR count). The second-order valence-corrected chi connectivity index (χ2v) is 18.1. The van der Waals surface area contributed by atoms with Crippen LogP contribution in [0.1, 0.15) is 187 Å². The Morgan fingerprint density at radius 3 is 1.55 bits per heavy atom. The highest BCUT2D eigenvalue weighted by Gasteiger charge is 2.47. The zero-order valence-corrected chi connectivity index (χ0v) is 40.5. The smallest absolute Gasteiger partial charge is 0.306 e. The summed E-state index contributed by atoms with van der Waals surface area (Å²) in [5, 5.41) is 72.0. The Bertz CT molecular complexity index is 1310. The van der Waals surface area contributed by atoms with Gasteiger partial charge in [0.2, 0.25) is 0 Å². The fourth-order valence-electron chi connectivity index (χ4n) is 7.92. The van der Waals surface area contributed by atoms with Gasteiger partial charge in [0.1, 0.15) is 55.4 Å². The molecule has 2 aliphatic rings. The molecule has 4 unspecified atom stereocenters. The summed E-state index contributed by atoms with van der Waals surface area (Å²) >= 11 is 0. The van der Waals surface area contributed by atoms with Gasteiger partial charge in [0.25, 0.3) is 0 Å². The second kappa shape index (κ2) is 38.6. The van der Waals surface area contributed by atoms with Crippen LogP contribution >= 0.6 is 0 Å². The van der Waals surface area contributed by atoms with Gasteiger partial charge in [-0.05, 0) is 63.5 Å². The quantitative estimate of drug-likeness (QED) is 0.0144. The second-order valence-electron chi connectivity index (χ2n) is 18.1. The highest BCUT2D eigenvalue weighted by molar-refractivity contribution is 5.70. The molecule has 0 spiro atoms. The van der Waals surface area contributed by atoms with Crippen molar-refractivity contribution in [1.82, 2.24) is 0 Å². The summed E-state index contributed by atoms with van der Waals surface area (Å²) in [4.78, 5) is 25.7. The monoisotopic (exact) mass is 943 g/mol. The van der Waals surface area contributed by atoms with Gasteiger partial charge in [-0.2, -0.15) is 0 Å². The first-order chi connectivity index (χ1) is 32.0. The molecule has 0 radical (unpaired) electrons. The zero-order chi connectivity index (χ0) is 48.2. The lowest BCUT2D eigenvalue weighted by molar-refractivity contribution is -0.332. The Balaban J connectivity index is 1.84. The number of hydrogen-bond acceptors (Lipinski definition) is 15. The van der Waals surface area contributed by atoms with E-state index in [1.165, 1.54) is 96.3 Å². The van der Waals surface area contributed by atoms with E-state index in [1.54, 1.807) is 0 Å². The van der Waals surface area contributed by atoms with Gasteiger partial charge in [-0.1, -0.05) is 135 Å². The standard InChI is InChI=1S/C51H90O15/c1-3-5-7-9-11-13-15-17-19-21-23-25-27-29-31-33-42(53)61-36-39(64-43(54)34-32-30-28-26-24-22-20-18-16-14-12-10-8-6-4-2)37-62-50-49(60)47(58)45(56)41(66-50)38-63-51-48(59)46(57)44(55)40(35-52)65-51/h15,19,28,30,39-41,44-52,55-60H,3-14,16,18,20-27,29,31-38H2,1-2H3/b30-28+/t17?,39-,40-,41-,44+,45+,46?,47?,48?,49?,50-,51-/m1/s1. The molecular formula is C51H90O15. The van der Waals surface area contributed by atoms with Gasteiger partial charge in [0.15, 0.2) is 18.7 Å². The van der Waals surface area contributed by atoms with Gasteiger partial charge in [-0.15, -0.1) is 5.73 Å². The summed E-state index contributed by atoms with van der Waals surface area (Å²) < 4.78 is 33.5. The van der Waals surface area contributed by atoms with Crippen LogP contribution in [-0.4, -0.2) is 142 Å². The van der Waals surface area contributed by atoms with E-state index < -0.39 is 99.3 Å². The number of aliphatic hydroxyl groups excluding tert-OH is 7. The zero-order valence-electron chi connectivity index (χ0n) is 40.5. The van der Waals surface area contributed by atoms with Gasteiger partial charge in [-0.25, -0.2) is 0 Å². The first-order valence-electron chi connectivity index (χ1n) is 25.7. The van der Waals surface area contributed by atoms with Crippen molar-refractivity contribution in [1.29, 1.82) is 0 Å². The van der Waals surface area contributed by atoms with Crippen molar-refractivity contribution in [3.63, 3.8) is 0 Å². The van der Waals surface area contributed by atoms with Crippen LogP contribution in [0.3, 0.4) is 0 Å². The molecule has 11 atom stereocenters. The summed E-state index contributed by atoms with van der Waals surface area (Å²) in [6.45, 7) is 2.52. The first kappa shape index (κ1) is 59.9. The summed E-state index contributed by atoms with van der Waals surface area (Å²) in [6.07, 6.45) is 20.0. The molecule has 0 saturated carbocycles. The third-order valence-electron chi connectivity index (χ3n) is 12.2. The maximum absolute atomic E-state index is 13.0.